The third-order valence-electron chi connectivity index (χ3n) is 5.80. The Bertz CT molecular complexity index is 984. The first-order chi connectivity index (χ1) is 13.7. The number of nitrogens with one attached hydrogen (secondary N) is 1. The number of amides is 1. The molecule has 29 heavy (non-hydrogen) atoms. The Balaban J connectivity index is 1.68. The van der Waals surface area contributed by atoms with Crippen LogP contribution in [0.25, 0.3) is 0 Å². The SMILES string of the molecule is Cc1ccc(S(=O)(=O)N2CCC[C@H](C(=O)N[C@H](C)c3ccc(C)c(C)c3)C2)cc1. The van der Waals surface area contributed by atoms with Crippen LogP contribution in [0.4, 0.5) is 0 Å². The number of sulfonamides is 1. The second-order valence-corrected chi connectivity index (χ2v) is 10.0. The number of nitrogens with zero attached hydrogens (tertiary/aromatic N) is 1. The molecule has 0 aliphatic carbocycles. The van der Waals surface area contributed by atoms with Gasteiger partial charge in [-0.25, -0.2) is 8.42 Å². The van der Waals surface area contributed by atoms with E-state index < -0.39 is 10.0 Å². The molecule has 0 radical (unpaired) electrons. The minimum Gasteiger partial charge on any atom is -0.349 e. The molecule has 0 aromatic heterocycles. The Morgan fingerprint density at radius 1 is 1.07 bits per heavy atom. The fourth-order valence-electron chi connectivity index (χ4n) is 3.68. The van der Waals surface area contributed by atoms with Crippen LogP contribution in [0.3, 0.4) is 0 Å². The van der Waals surface area contributed by atoms with Gasteiger partial charge in [0.25, 0.3) is 0 Å². The predicted molar refractivity (Wildman–Crippen MR) is 115 cm³/mol. The van der Waals surface area contributed by atoms with Gasteiger partial charge in [-0.1, -0.05) is 35.9 Å². The summed E-state index contributed by atoms with van der Waals surface area (Å²) in [6.45, 7) is 8.68. The van der Waals surface area contributed by atoms with Crippen LogP contribution in [-0.4, -0.2) is 31.7 Å². The largest absolute Gasteiger partial charge is 0.349 e. The average Bonchev–Trinajstić information content (AvgIpc) is 2.70. The van der Waals surface area contributed by atoms with Crippen molar-refractivity contribution < 1.29 is 13.2 Å². The number of aryl methyl sites for hydroxylation is 3. The normalized spacial score (nSPS) is 19.0. The summed E-state index contributed by atoms with van der Waals surface area (Å²) in [6.07, 6.45) is 1.38. The zero-order chi connectivity index (χ0) is 21.2. The van der Waals surface area contributed by atoms with Gasteiger partial charge in [0, 0.05) is 13.1 Å². The summed E-state index contributed by atoms with van der Waals surface area (Å²) in [5.74, 6) is -0.419. The zero-order valence-corrected chi connectivity index (χ0v) is 18.4. The van der Waals surface area contributed by atoms with Gasteiger partial charge in [-0.05, 0) is 69.4 Å². The summed E-state index contributed by atoms with van der Waals surface area (Å²) in [5.41, 5.74) is 4.48. The lowest BCUT2D eigenvalue weighted by Gasteiger charge is -2.32. The summed E-state index contributed by atoms with van der Waals surface area (Å²) in [5, 5.41) is 3.07. The van der Waals surface area contributed by atoms with Crippen molar-refractivity contribution in [2.24, 2.45) is 5.92 Å². The minimum atomic E-state index is -3.58. The maximum Gasteiger partial charge on any atom is 0.243 e. The van der Waals surface area contributed by atoms with Crippen LogP contribution in [0, 0.1) is 26.7 Å². The Labute approximate surface area is 174 Å². The van der Waals surface area contributed by atoms with E-state index in [0.717, 1.165) is 11.1 Å². The molecule has 1 aliphatic rings. The summed E-state index contributed by atoms with van der Waals surface area (Å²) < 4.78 is 27.4. The Morgan fingerprint density at radius 2 is 1.76 bits per heavy atom. The molecule has 1 amide bonds. The molecule has 0 unspecified atom stereocenters. The van der Waals surface area contributed by atoms with Crippen molar-refractivity contribution in [2.45, 2.75) is 51.5 Å². The molecule has 1 N–H and O–H groups in total. The van der Waals surface area contributed by atoms with Gasteiger partial charge in [-0.2, -0.15) is 4.31 Å². The highest BCUT2D eigenvalue weighted by Crippen LogP contribution is 2.25. The molecule has 2 atom stereocenters. The quantitative estimate of drug-likeness (QED) is 0.807. The van der Waals surface area contributed by atoms with Crippen molar-refractivity contribution in [3.05, 3.63) is 64.7 Å². The van der Waals surface area contributed by atoms with E-state index in [4.69, 9.17) is 0 Å². The van der Waals surface area contributed by atoms with Gasteiger partial charge in [-0.15, -0.1) is 0 Å². The molecule has 0 saturated carbocycles. The van der Waals surface area contributed by atoms with Crippen molar-refractivity contribution in [2.75, 3.05) is 13.1 Å². The van der Waals surface area contributed by atoms with Gasteiger partial charge in [0.1, 0.15) is 0 Å². The molecule has 2 aromatic rings. The Morgan fingerprint density at radius 3 is 2.41 bits per heavy atom. The number of rotatable bonds is 5. The highest BCUT2D eigenvalue weighted by molar-refractivity contribution is 7.89. The lowest BCUT2D eigenvalue weighted by atomic mass is 9.97. The molecule has 1 heterocycles. The number of piperidine rings is 1. The number of hydrogen-bond donors (Lipinski definition) is 1. The second-order valence-electron chi connectivity index (χ2n) is 8.09. The third-order valence-corrected chi connectivity index (χ3v) is 7.68. The average molecular weight is 415 g/mol. The van der Waals surface area contributed by atoms with E-state index in [-0.39, 0.29) is 29.3 Å². The number of carbonyl (C=O) groups is 1. The summed E-state index contributed by atoms with van der Waals surface area (Å²) in [6, 6.07) is 12.9. The van der Waals surface area contributed by atoms with Crippen LogP contribution < -0.4 is 5.32 Å². The molecular weight excluding hydrogens is 384 g/mol. The smallest absolute Gasteiger partial charge is 0.243 e. The van der Waals surface area contributed by atoms with Gasteiger partial charge in [0.2, 0.25) is 15.9 Å². The van der Waals surface area contributed by atoms with Gasteiger partial charge >= 0.3 is 0 Å². The zero-order valence-electron chi connectivity index (χ0n) is 17.6. The first kappa shape index (κ1) is 21.5. The Hall–Kier alpha value is -2.18. The maximum atomic E-state index is 13.0. The summed E-state index contributed by atoms with van der Waals surface area (Å²) in [7, 11) is -3.58. The lowest BCUT2D eigenvalue weighted by Crippen LogP contribution is -2.45. The van der Waals surface area contributed by atoms with Crippen LogP contribution >= 0.6 is 0 Å². The number of carbonyl (C=O) groups excluding carboxylic acids is 1. The van der Waals surface area contributed by atoms with Crippen LogP contribution in [0.15, 0.2) is 47.4 Å². The number of hydrogen-bond acceptors (Lipinski definition) is 3. The molecule has 0 spiro atoms. The monoisotopic (exact) mass is 414 g/mol. The highest BCUT2D eigenvalue weighted by atomic mass is 32.2. The van der Waals surface area contributed by atoms with Crippen molar-refractivity contribution in [3.8, 4) is 0 Å². The van der Waals surface area contributed by atoms with E-state index in [1.807, 2.05) is 19.9 Å². The van der Waals surface area contributed by atoms with Crippen molar-refractivity contribution in [1.82, 2.24) is 9.62 Å². The molecule has 0 bridgehead atoms. The van der Waals surface area contributed by atoms with Gasteiger partial charge in [0.15, 0.2) is 0 Å². The van der Waals surface area contributed by atoms with Crippen LogP contribution in [0.2, 0.25) is 0 Å². The van der Waals surface area contributed by atoms with E-state index in [0.29, 0.717) is 19.4 Å². The third kappa shape index (κ3) is 4.87. The molecule has 6 heteroatoms. The van der Waals surface area contributed by atoms with Crippen molar-refractivity contribution in [3.63, 3.8) is 0 Å². The standard InChI is InChI=1S/C23H30N2O3S/c1-16-7-11-22(12-8-16)29(27,28)25-13-5-6-21(15-25)23(26)24-19(4)20-10-9-17(2)18(3)14-20/h7-12,14,19,21H,5-6,13,15H2,1-4H3,(H,24,26)/t19-,21+/m1/s1. The summed E-state index contributed by atoms with van der Waals surface area (Å²) >= 11 is 0. The van der Waals surface area contributed by atoms with E-state index in [1.165, 1.54) is 15.4 Å². The van der Waals surface area contributed by atoms with Crippen molar-refractivity contribution >= 4 is 15.9 Å². The van der Waals surface area contributed by atoms with E-state index in [2.05, 4.69) is 31.3 Å². The molecule has 5 nitrogen and oxygen atoms in total. The van der Waals surface area contributed by atoms with Gasteiger partial charge in [-0.3, -0.25) is 4.79 Å². The van der Waals surface area contributed by atoms with E-state index >= 15 is 0 Å². The molecule has 1 fully saturated rings. The minimum absolute atomic E-state index is 0.0838. The fraction of sp³-hybridized carbons (Fsp3) is 0.435. The molecule has 2 aromatic carbocycles. The molecule has 1 saturated heterocycles. The van der Waals surface area contributed by atoms with Crippen LogP contribution in [0.1, 0.15) is 48.1 Å². The van der Waals surface area contributed by atoms with Crippen LogP contribution in [0.5, 0.6) is 0 Å². The van der Waals surface area contributed by atoms with Crippen molar-refractivity contribution in [1.29, 1.82) is 0 Å². The van der Waals surface area contributed by atoms with Crippen LogP contribution in [-0.2, 0) is 14.8 Å². The molecule has 3 rings (SSSR count). The molecule has 1 aliphatic heterocycles. The van der Waals surface area contributed by atoms with Gasteiger partial charge < -0.3 is 5.32 Å². The summed E-state index contributed by atoms with van der Waals surface area (Å²) in [4.78, 5) is 13.1. The first-order valence-electron chi connectivity index (χ1n) is 10.1. The fourth-order valence-corrected chi connectivity index (χ4v) is 5.21. The van der Waals surface area contributed by atoms with E-state index in [1.54, 1.807) is 24.3 Å². The second kappa shape index (κ2) is 8.67. The predicted octanol–water partition coefficient (Wildman–Crippen LogP) is 3.89. The first-order valence-corrected chi connectivity index (χ1v) is 11.6. The highest BCUT2D eigenvalue weighted by Gasteiger charge is 2.33. The Kier molecular flexibility index (Phi) is 6.44. The number of benzene rings is 2. The maximum absolute atomic E-state index is 13.0. The lowest BCUT2D eigenvalue weighted by molar-refractivity contribution is -0.126. The van der Waals surface area contributed by atoms with Gasteiger partial charge in [0.05, 0.1) is 16.9 Å². The van der Waals surface area contributed by atoms with E-state index in [9.17, 15) is 13.2 Å². The molecule has 156 valence electrons. The topological polar surface area (TPSA) is 66.5 Å². The molecular formula is C23H30N2O3S.